The molecule has 0 heterocycles. The summed E-state index contributed by atoms with van der Waals surface area (Å²) in [5.74, 6) is 1.17. The Labute approximate surface area is 200 Å². The molecule has 180 valence electrons. The molecule has 0 aliphatic heterocycles. The van der Waals surface area contributed by atoms with Gasteiger partial charge in [-0.1, -0.05) is 18.2 Å². The third-order valence-electron chi connectivity index (χ3n) is 5.12. The van der Waals surface area contributed by atoms with Crippen molar-refractivity contribution in [3.05, 3.63) is 77.9 Å². The second-order valence-electron chi connectivity index (χ2n) is 7.35. The lowest BCUT2D eigenvalue weighted by Crippen LogP contribution is -2.27. The Balaban J connectivity index is 1.90. The van der Waals surface area contributed by atoms with Crippen LogP contribution >= 0.6 is 0 Å². The highest BCUT2D eigenvalue weighted by Gasteiger charge is 2.23. The first-order chi connectivity index (χ1) is 16.3. The SMILES string of the molecule is CCOc1ccc(C(=O)Nc2cc(OC)ccc2OC)cc1CN(C)S(=O)(=O)c1ccccc1. The maximum atomic E-state index is 13.0. The Morgan fingerprint density at radius 3 is 2.29 bits per heavy atom. The molecule has 0 aromatic heterocycles. The number of nitrogens with zero attached hydrogens (tertiary/aromatic N) is 1. The molecule has 0 bridgehead atoms. The monoisotopic (exact) mass is 484 g/mol. The van der Waals surface area contributed by atoms with E-state index in [1.54, 1.807) is 66.7 Å². The molecule has 0 radical (unpaired) electrons. The van der Waals surface area contributed by atoms with Gasteiger partial charge in [-0.25, -0.2) is 8.42 Å². The molecule has 9 heteroatoms. The van der Waals surface area contributed by atoms with Crippen LogP contribution in [0, 0.1) is 0 Å². The molecule has 0 saturated heterocycles. The van der Waals surface area contributed by atoms with Gasteiger partial charge in [0.05, 0.1) is 31.4 Å². The first-order valence-corrected chi connectivity index (χ1v) is 12.0. The average molecular weight is 485 g/mol. The van der Waals surface area contributed by atoms with Crippen molar-refractivity contribution in [3.8, 4) is 17.2 Å². The fourth-order valence-corrected chi connectivity index (χ4v) is 4.51. The van der Waals surface area contributed by atoms with Crippen molar-refractivity contribution in [2.24, 2.45) is 0 Å². The summed E-state index contributed by atoms with van der Waals surface area (Å²) in [5.41, 5.74) is 1.36. The fourth-order valence-electron chi connectivity index (χ4n) is 3.34. The summed E-state index contributed by atoms with van der Waals surface area (Å²) in [5, 5.41) is 2.82. The van der Waals surface area contributed by atoms with E-state index in [4.69, 9.17) is 14.2 Å². The molecular weight excluding hydrogens is 456 g/mol. The quantitative estimate of drug-likeness (QED) is 0.464. The molecule has 1 N–H and O–H groups in total. The zero-order valence-corrected chi connectivity index (χ0v) is 20.4. The minimum Gasteiger partial charge on any atom is -0.497 e. The molecule has 0 aliphatic rings. The number of benzene rings is 3. The van der Waals surface area contributed by atoms with Crippen molar-refractivity contribution < 1.29 is 27.4 Å². The van der Waals surface area contributed by atoms with Gasteiger partial charge in [-0.15, -0.1) is 0 Å². The van der Waals surface area contributed by atoms with Crippen molar-refractivity contribution in [1.29, 1.82) is 0 Å². The Kier molecular flexibility index (Phi) is 8.14. The molecule has 0 atom stereocenters. The van der Waals surface area contributed by atoms with Crippen molar-refractivity contribution in [1.82, 2.24) is 4.31 Å². The number of methoxy groups -OCH3 is 2. The Bertz CT molecular complexity index is 1250. The maximum Gasteiger partial charge on any atom is 0.255 e. The van der Waals surface area contributed by atoms with Crippen LogP contribution in [0.25, 0.3) is 0 Å². The van der Waals surface area contributed by atoms with Gasteiger partial charge in [0, 0.05) is 30.8 Å². The highest BCUT2D eigenvalue weighted by Crippen LogP contribution is 2.30. The molecule has 34 heavy (non-hydrogen) atoms. The summed E-state index contributed by atoms with van der Waals surface area (Å²) in [6, 6.07) is 18.2. The van der Waals surface area contributed by atoms with Crippen molar-refractivity contribution in [2.75, 3.05) is 33.2 Å². The highest BCUT2D eigenvalue weighted by molar-refractivity contribution is 7.89. The summed E-state index contributed by atoms with van der Waals surface area (Å²) in [6.45, 7) is 2.26. The highest BCUT2D eigenvalue weighted by atomic mass is 32.2. The molecule has 3 rings (SSSR count). The molecule has 3 aromatic carbocycles. The van der Waals surface area contributed by atoms with Gasteiger partial charge in [-0.05, 0) is 49.4 Å². The van der Waals surface area contributed by atoms with Gasteiger partial charge < -0.3 is 19.5 Å². The number of anilines is 1. The van der Waals surface area contributed by atoms with Crippen LogP contribution in [0.15, 0.2) is 71.6 Å². The number of carbonyl (C=O) groups excluding carboxylic acids is 1. The van der Waals surface area contributed by atoms with Crippen LogP contribution in [0.2, 0.25) is 0 Å². The number of rotatable bonds is 10. The van der Waals surface area contributed by atoms with Crippen LogP contribution in [0.1, 0.15) is 22.8 Å². The standard InChI is InChI=1S/C25H28N2O6S/c1-5-33-23-13-11-18(25(28)26-22-16-20(31-3)12-14-24(22)32-4)15-19(23)17-27(2)34(29,30)21-9-7-6-8-10-21/h6-16H,5,17H2,1-4H3,(H,26,28). The average Bonchev–Trinajstić information content (AvgIpc) is 2.85. The normalized spacial score (nSPS) is 11.2. The van der Waals surface area contributed by atoms with Gasteiger partial charge >= 0.3 is 0 Å². The summed E-state index contributed by atoms with van der Waals surface area (Å²) in [7, 11) is 0.815. The lowest BCUT2D eigenvalue weighted by atomic mass is 10.1. The molecule has 0 fully saturated rings. The van der Waals surface area contributed by atoms with E-state index in [0.29, 0.717) is 40.7 Å². The molecular formula is C25H28N2O6S. The topological polar surface area (TPSA) is 94.2 Å². The summed E-state index contributed by atoms with van der Waals surface area (Å²) in [4.78, 5) is 13.2. The van der Waals surface area contributed by atoms with E-state index in [2.05, 4.69) is 5.32 Å². The third kappa shape index (κ3) is 5.67. The number of nitrogens with one attached hydrogen (secondary N) is 1. The molecule has 1 amide bonds. The third-order valence-corrected chi connectivity index (χ3v) is 6.94. The molecule has 0 aliphatic carbocycles. The van der Waals surface area contributed by atoms with Crippen LogP contribution < -0.4 is 19.5 Å². The first-order valence-electron chi connectivity index (χ1n) is 10.6. The number of sulfonamides is 1. The number of hydrogen-bond donors (Lipinski definition) is 1. The Morgan fingerprint density at radius 1 is 0.941 bits per heavy atom. The lowest BCUT2D eigenvalue weighted by molar-refractivity contribution is 0.102. The zero-order chi connectivity index (χ0) is 24.7. The van der Waals surface area contributed by atoms with Crippen molar-refractivity contribution in [2.45, 2.75) is 18.4 Å². The smallest absolute Gasteiger partial charge is 0.255 e. The van der Waals surface area contributed by atoms with Gasteiger partial charge in [0.1, 0.15) is 17.2 Å². The first kappa shape index (κ1) is 25.1. The van der Waals surface area contributed by atoms with Gasteiger partial charge in [-0.3, -0.25) is 4.79 Å². The number of amides is 1. The fraction of sp³-hybridized carbons (Fsp3) is 0.240. The van der Waals surface area contributed by atoms with Gasteiger partial charge in [0.2, 0.25) is 10.0 Å². The number of ether oxygens (including phenoxy) is 3. The van der Waals surface area contributed by atoms with Crippen LogP contribution in [0.5, 0.6) is 17.2 Å². The van der Waals surface area contributed by atoms with Gasteiger partial charge in [0.25, 0.3) is 5.91 Å². The van der Waals surface area contributed by atoms with E-state index >= 15 is 0 Å². The van der Waals surface area contributed by atoms with Gasteiger partial charge in [0.15, 0.2) is 0 Å². The Morgan fingerprint density at radius 2 is 1.65 bits per heavy atom. The van der Waals surface area contributed by atoms with E-state index in [1.807, 2.05) is 6.92 Å². The van der Waals surface area contributed by atoms with E-state index in [0.717, 1.165) is 0 Å². The number of hydrogen-bond acceptors (Lipinski definition) is 6. The molecule has 0 unspecified atom stereocenters. The predicted octanol–water partition coefficient (Wildman–Crippen LogP) is 4.18. The molecule has 0 saturated carbocycles. The summed E-state index contributed by atoms with van der Waals surface area (Å²) in [6.07, 6.45) is 0. The van der Waals surface area contributed by atoms with E-state index in [1.165, 1.54) is 25.6 Å². The maximum absolute atomic E-state index is 13.0. The van der Waals surface area contributed by atoms with Gasteiger partial charge in [-0.2, -0.15) is 4.31 Å². The molecule has 8 nitrogen and oxygen atoms in total. The van der Waals surface area contributed by atoms with E-state index in [9.17, 15) is 13.2 Å². The molecule has 0 spiro atoms. The predicted molar refractivity (Wildman–Crippen MR) is 130 cm³/mol. The minimum absolute atomic E-state index is 0.0240. The summed E-state index contributed by atoms with van der Waals surface area (Å²) >= 11 is 0. The molecule has 3 aromatic rings. The van der Waals surface area contributed by atoms with E-state index < -0.39 is 10.0 Å². The van der Waals surface area contributed by atoms with E-state index in [-0.39, 0.29) is 17.3 Å². The minimum atomic E-state index is -3.72. The second-order valence-corrected chi connectivity index (χ2v) is 9.39. The largest absolute Gasteiger partial charge is 0.497 e. The summed E-state index contributed by atoms with van der Waals surface area (Å²) < 4.78 is 43.4. The second kappa shape index (κ2) is 11.0. The van der Waals surface area contributed by atoms with Crippen LogP contribution in [0.4, 0.5) is 5.69 Å². The lowest BCUT2D eigenvalue weighted by Gasteiger charge is -2.20. The Hall–Kier alpha value is -3.56. The van der Waals surface area contributed by atoms with Crippen molar-refractivity contribution >= 4 is 21.6 Å². The van der Waals surface area contributed by atoms with Crippen LogP contribution in [-0.4, -0.2) is 46.5 Å². The van der Waals surface area contributed by atoms with Crippen molar-refractivity contribution in [3.63, 3.8) is 0 Å². The van der Waals surface area contributed by atoms with Crippen LogP contribution in [0.3, 0.4) is 0 Å². The number of carbonyl (C=O) groups is 1. The van der Waals surface area contributed by atoms with Crippen LogP contribution in [-0.2, 0) is 16.6 Å². The zero-order valence-electron chi connectivity index (χ0n) is 19.6.